The first-order valence-corrected chi connectivity index (χ1v) is 9.82. The fraction of sp³-hybridized carbons (Fsp3) is 0.571. The van der Waals surface area contributed by atoms with Gasteiger partial charge in [-0.1, -0.05) is 0 Å². The number of methoxy groups -OCH3 is 2. The number of hydrazone groups is 1. The lowest BCUT2D eigenvalue weighted by atomic mass is 9.48. The molecule has 7 nitrogen and oxygen atoms in total. The standard InChI is InChI=1S/C21H27N5O2/c1-27-18-6-15(21-8-12-3-13(9-21)5-14(4-12)10-21)16(7-19(18)28-2)25-26-17(11-22)20(23)24/h6-7,12-14,25H,3-5,8-10H2,1-2H3,(H3,23,24)/b26-17+. The Morgan fingerprint density at radius 1 is 1.14 bits per heavy atom. The van der Waals surface area contributed by atoms with E-state index in [1.54, 1.807) is 14.2 Å². The second kappa shape index (κ2) is 7.01. The Morgan fingerprint density at radius 3 is 2.14 bits per heavy atom. The molecule has 4 bridgehead atoms. The highest BCUT2D eigenvalue weighted by molar-refractivity contribution is 6.45. The minimum atomic E-state index is -0.355. The molecule has 5 rings (SSSR count). The Hall–Kier alpha value is -2.75. The van der Waals surface area contributed by atoms with Crippen molar-refractivity contribution >= 4 is 17.2 Å². The first-order valence-electron chi connectivity index (χ1n) is 9.82. The predicted octanol–water partition coefficient (Wildman–Crippen LogP) is 3.40. The summed E-state index contributed by atoms with van der Waals surface area (Å²) in [6, 6.07) is 5.81. The van der Waals surface area contributed by atoms with Gasteiger partial charge in [0, 0.05) is 6.07 Å². The van der Waals surface area contributed by atoms with E-state index in [4.69, 9.17) is 20.6 Å². The van der Waals surface area contributed by atoms with Gasteiger partial charge in [-0.2, -0.15) is 10.4 Å². The Kier molecular flexibility index (Phi) is 4.66. The fourth-order valence-electron chi connectivity index (χ4n) is 6.11. The topological polar surface area (TPSA) is 117 Å². The molecular formula is C21H27N5O2. The third-order valence-electron chi connectivity index (χ3n) is 6.78. The van der Waals surface area contributed by atoms with Gasteiger partial charge in [-0.15, -0.1) is 0 Å². The number of anilines is 1. The van der Waals surface area contributed by atoms with E-state index < -0.39 is 0 Å². The third-order valence-corrected chi connectivity index (χ3v) is 6.78. The van der Waals surface area contributed by atoms with Crippen molar-refractivity contribution in [2.75, 3.05) is 19.6 Å². The highest BCUT2D eigenvalue weighted by Gasteiger charge is 2.52. The molecule has 4 fully saturated rings. The van der Waals surface area contributed by atoms with Crippen LogP contribution in [0.1, 0.15) is 44.1 Å². The molecule has 0 unspecified atom stereocenters. The van der Waals surface area contributed by atoms with Crippen LogP contribution in [0.3, 0.4) is 0 Å². The van der Waals surface area contributed by atoms with E-state index in [-0.39, 0.29) is 17.0 Å². The van der Waals surface area contributed by atoms with Gasteiger partial charge in [-0.25, -0.2) is 0 Å². The first kappa shape index (κ1) is 18.6. The molecule has 148 valence electrons. The first-order chi connectivity index (χ1) is 13.5. The van der Waals surface area contributed by atoms with Crippen LogP contribution >= 0.6 is 0 Å². The smallest absolute Gasteiger partial charge is 0.201 e. The molecule has 0 aliphatic heterocycles. The van der Waals surface area contributed by atoms with Crippen LogP contribution in [0.25, 0.3) is 0 Å². The second-order valence-corrected chi connectivity index (χ2v) is 8.55. The summed E-state index contributed by atoms with van der Waals surface area (Å²) in [5, 5.41) is 20.8. The van der Waals surface area contributed by atoms with Crippen LogP contribution in [0.2, 0.25) is 0 Å². The van der Waals surface area contributed by atoms with Gasteiger partial charge in [0.2, 0.25) is 5.71 Å². The van der Waals surface area contributed by atoms with Crippen LogP contribution in [0, 0.1) is 34.5 Å². The van der Waals surface area contributed by atoms with E-state index in [1.165, 1.54) is 44.1 Å². The van der Waals surface area contributed by atoms with Gasteiger partial charge in [-0.05, 0) is 73.3 Å². The third kappa shape index (κ3) is 3.07. The summed E-state index contributed by atoms with van der Waals surface area (Å²) in [6.45, 7) is 0. The second-order valence-electron chi connectivity index (χ2n) is 8.55. The van der Waals surface area contributed by atoms with E-state index in [0.717, 1.165) is 23.4 Å². The highest BCUT2D eigenvalue weighted by atomic mass is 16.5. The summed E-state index contributed by atoms with van der Waals surface area (Å²) in [5.41, 5.74) is 10.4. The number of amidine groups is 1. The lowest BCUT2D eigenvalue weighted by molar-refractivity contribution is -0.00496. The summed E-state index contributed by atoms with van der Waals surface area (Å²) in [6.07, 6.45) is 7.63. The average Bonchev–Trinajstić information content (AvgIpc) is 2.66. The predicted molar refractivity (Wildman–Crippen MR) is 108 cm³/mol. The zero-order chi connectivity index (χ0) is 19.9. The Balaban J connectivity index is 1.79. The van der Waals surface area contributed by atoms with Crippen molar-refractivity contribution in [3.8, 4) is 17.6 Å². The molecule has 0 heterocycles. The molecule has 1 aromatic rings. The number of nitrogens with two attached hydrogens (primary N) is 1. The van der Waals surface area contributed by atoms with Gasteiger partial charge in [0.15, 0.2) is 17.3 Å². The van der Waals surface area contributed by atoms with Crippen molar-refractivity contribution in [2.24, 2.45) is 28.6 Å². The van der Waals surface area contributed by atoms with Crippen molar-refractivity contribution < 1.29 is 9.47 Å². The van der Waals surface area contributed by atoms with Gasteiger partial charge in [0.05, 0.1) is 19.9 Å². The highest BCUT2D eigenvalue weighted by Crippen LogP contribution is 2.62. The van der Waals surface area contributed by atoms with E-state index in [1.807, 2.05) is 12.1 Å². The van der Waals surface area contributed by atoms with Crippen molar-refractivity contribution in [2.45, 2.75) is 43.9 Å². The van der Waals surface area contributed by atoms with E-state index in [9.17, 15) is 5.26 Å². The lowest BCUT2D eigenvalue weighted by Crippen LogP contribution is -2.48. The summed E-state index contributed by atoms with van der Waals surface area (Å²) in [4.78, 5) is 0. The van der Waals surface area contributed by atoms with Crippen LogP contribution in [-0.2, 0) is 5.41 Å². The van der Waals surface area contributed by atoms with Crippen LogP contribution < -0.4 is 20.6 Å². The quantitative estimate of drug-likeness (QED) is 0.397. The molecular weight excluding hydrogens is 354 g/mol. The lowest BCUT2D eigenvalue weighted by Gasteiger charge is -2.57. The number of nitrogens with zero attached hydrogens (tertiary/aromatic N) is 2. The number of hydrogen-bond donors (Lipinski definition) is 3. The molecule has 0 spiro atoms. The Morgan fingerprint density at radius 2 is 1.68 bits per heavy atom. The van der Waals surface area contributed by atoms with Crippen molar-refractivity contribution in [1.82, 2.24) is 0 Å². The summed E-state index contributed by atoms with van der Waals surface area (Å²) in [7, 11) is 3.25. The summed E-state index contributed by atoms with van der Waals surface area (Å²) in [5.74, 6) is 3.34. The van der Waals surface area contributed by atoms with Gasteiger partial charge >= 0.3 is 0 Å². The zero-order valence-corrected chi connectivity index (χ0v) is 16.4. The monoisotopic (exact) mass is 381 g/mol. The molecule has 4 aliphatic rings. The number of nitriles is 1. The van der Waals surface area contributed by atoms with Crippen LogP contribution in [0.4, 0.5) is 5.69 Å². The van der Waals surface area contributed by atoms with E-state index >= 15 is 0 Å². The normalized spacial score (nSPS) is 30.6. The maximum atomic E-state index is 9.17. The molecule has 28 heavy (non-hydrogen) atoms. The minimum absolute atomic E-state index is 0.106. The number of hydrogen-bond acceptors (Lipinski definition) is 6. The number of ether oxygens (including phenoxy) is 2. The SMILES string of the molecule is COc1cc(N/N=C(\C#N)C(=N)N)c(C23CC4CC(CC(C4)C2)C3)cc1OC. The van der Waals surface area contributed by atoms with Crippen LogP contribution in [-0.4, -0.2) is 25.8 Å². The van der Waals surface area contributed by atoms with Crippen molar-refractivity contribution in [3.63, 3.8) is 0 Å². The molecule has 4 aliphatic carbocycles. The molecule has 0 saturated heterocycles. The molecule has 4 N–H and O–H groups in total. The van der Waals surface area contributed by atoms with Crippen molar-refractivity contribution in [1.29, 1.82) is 10.7 Å². The van der Waals surface area contributed by atoms with Gasteiger partial charge < -0.3 is 15.2 Å². The van der Waals surface area contributed by atoms with Crippen molar-refractivity contribution in [3.05, 3.63) is 17.7 Å². The van der Waals surface area contributed by atoms with E-state index in [0.29, 0.717) is 11.5 Å². The average molecular weight is 381 g/mol. The van der Waals surface area contributed by atoms with E-state index in [2.05, 4.69) is 16.6 Å². The van der Waals surface area contributed by atoms with Gasteiger partial charge in [0.1, 0.15) is 6.07 Å². The Labute approximate surface area is 165 Å². The molecule has 7 heteroatoms. The molecule has 4 saturated carbocycles. The fourth-order valence-corrected chi connectivity index (χ4v) is 6.11. The van der Waals surface area contributed by atoms with Gasteiger partial charge in [-0.3, -0.25) is 10.8 Å². The largest absolute Gasteiger partial charge is 0.493 e. The molecule has 0 radical (unpaired) electrons. The Bertz CT molecular complexity index is 835. The summed E-state index contributed by atoms with van der Waals surface area (Å²) < 4.78 is 11.1. The number of benzene rings is 1. The summed E-state index contributed by atoms with van der Waals surface area (Å²) >= 11 is 0. The number of nitrogens with one attached hydrogen (secondary N) is 2. The molecule has 0 amide bonds. The molecule has 1 aromatic carbocycles. The zero-order valence-electron chi connectivity index (χ0n) is 16.4. The van der Waals surface area contributed by atoms with Crippen LogP contribution in [0.15, 0.2) is 17.2 Å². The maximum Gasteiger partial charge on any atom is 0.201 e. The number of rotatable bonds is 6. The van der Waals surface area contributed by atoms with Crippen LogP contribution in [0.5, 0.6) is 11.5 Å². The molecule has 0 aromatic heterocycles. The maximum absolute atomic E-state index is 9.17. The minimum Gasteiger partial charge on any atom is -0.493 e. The molecule has 0 atom stereocenters. The van der Waals surface area contributed by atoms with Gasteiger partial charge in [0.25, 0.3) is 0 Å².